The number of nitrogen functional groups attached to an aromatic ring is 1. The van der Waals surface area contributed by atoms with Gasteiger partial charge in [0.1, 0.15) is 0 Å². The molecule has 0 spiro atoms. The molecule has 6 heteroatoms. The summed E-state index contributed by atoms with van der Waals surface area (Å²) in [6, 6.07) is 11.4. The number of nitrogens with two attached hydrogens (primary N) is 1. The summed E-state index contributed by atoms with van der Waals surface area (Å²) in [6.45, 7) is 2.60. The number of rotatable bonds is 4. The van der Waals surface area contributed by atoms with Crippen molar-refractivity contribution in [3.05, 3.63) is 60.6 Å². The zero-order valence-corrected chi connectivity index (χ0v) is 14.2. The summed E-state index contributed by atoms with van der Waals surface area (Å²) in [4.78, 5) is 26.7. The molecule has 126 valence electrons. The van der Waals surface area contributed by atoms with E-state index in [1.165, 1.54) is 0 Å². The van der Waals surface area contributed by atoms with Gasteiger partial charge in [-0.05, 0) is 24.6 Å². The maximum absolute atomic E-state index is 12.6. The van der Waals surface area contributed by atoms with Crippen molar-refractivity contribution in [3.63, 3.8) is 0 Å². The number of pyridine rings is 1. The number of anilines is 1. The van der Waals surface area contributed by atoms with Crippen molar-refractivity contribution in [3.8, 4) is 22.4 Å². The minimum absolute atomic E-state index is 0.00545. The second-order valence-electron chi connectivity index (χ2n) is 5.63. The van der Waals surface area contributed by atoms with Gasteiger partial charge in [-0.15, -0.1) is 0 Å². The van der Waals surface area contributed by atoms with Crippen molar-refractivity contribution in [2.75, 3.05) is 19.3 Å². The maximum Gasteiger partial charge on any atom is 0.254 e. The van der Waals surface area contributed by atoms with Crippen LogP contribution in [0.3, 0.4) is 0 Å². The first-order chi connectivity index (χ1) is 12.1. The predicted octanol–water partition coefficient (Wildman–Crippen LogP) is 2.88. The van der Waals surface area contributed by atoms with Crippen LogP contribution >= 0.6 is 0 Å². The molecule has 0 atom stereocenters. The zero-order chi connectivity index (χ0) is 17.8. The Bertz CT molecular complexity index is 875. The fourth-order valence-corrected chi connectivity index (χ4v) is 2.46. The summed E-state index contributed by atoms with van der Waals surface area (Å²) in [5.74, 6) is 0.224. The molecule has 1 amide bonds. The summed E-state index contributed by atoms with van der Waals surface area (Å²) in [6.07, 6.45) is 5.03. The van der Waals surface area contributed by atoms with Gasteiger partial charge in [0, 0.05) is 48.9 Å². The predicted molar refractivity (Wildman–Crippen MR) is 97.7 cm³/mol. The molecular weight excluding hydrogens is 314 g/mol. The van der Waals surface area contributed by atoms with Gasteiger partial charge in [0.25, 0.3) is 5.91 Å². The average Bonchev–Trinajstić information content (AvgIpc) is 2.67. The summed E-state index contributed by atoms with van der Waals surface area (Å²) in [5.41, 5.74) is 9.45. The molecule has 0 aliphatic carbocycles. The lowest BCUT2D eigenvalue weighted by Gasteiger charge is -2.17. The molecule has 0 aliphatic heterocycles. The highest BCUT2D eigenvalue weighted by molar-refractivity contribution is 6.00. The molecule has 0 bridgehead atoms. The van der Waals surface area contributed by atoms with Crippen LogP contribution in [0, 0.1) is 0 Å². The average molecular weight is 333 g/mol. The Morgan fingerprint density at radius 1 is 1.00 bits per heavy atom. The molecule has 0 unspecified atom stereocenters. The Balaban J connectivity index is 1.95. The second-order valence-corrected chi connectivity index (χ2v) is 5.63. The van der Waals surface area contributed by atoms with E-state index in [-0.39, 0.29) is 11.9 Å². The van der Waals surface area contributed by atoms with Crippen LogP contribution in [0.4, 0.5) is 5.95 Å². The van der Waals surface area contributed by atoms with Crippen LogP contribution in [0.1, 0.15) is 17.3 Å². The zero-order valence-electron chi connectivity index (χ0n) is 14.2. The lowest BCUT2D eigenvalue weighted by atomic mass is 9.99. The first-order valence-corrected chi connectivity index (χ1v) is 7.99. The Morgan fingerprint density at radius 2 is 1.68 bits per heavy atom. The maximum atomic E-state index is 12.6. The van der Waals surface area contributed by atoms with E-state index in [4.69, 9.17) is 5.73 Å². The SMILES string of the molecule is CCN(C)C(=O)c1ccccc1-c1ccc(-c2cnc(N)nc2)nc1. The van der Waals surface area contributed by atoms with Crippen LogP contribution in [0.25, 0.3) is 22.4 Å². The smallest absolute Gasteiger partial charge is 0.254 e. The molecule has 1 aromatic carbocycles. The molecule has 0 saturated heterocycles. The molecule has 2 heterocycles. The molecule has 6 nitrogen and oxygen atoms in total. The van der Waals surface area contributed by atoms with Crippen molar-refractivity contribution in [2.24, 2.45) is 0 Å². The first-order valence-electron chi connectivity index (χ1n) is 7.99. The number of hydrogen-bond donors (Lipinski definition) is 1. The van der Waals surface area contributed by atoms with Crippen molar-refractivity contribution in [1.82, 2.24) is 19.9 Å². The van der Waals surface area contributed by atoms with E-state index in [0.717, 1.165) is 22.4 Å². The van der Waals surface area contributed by atoms with Crippen LogP contribution < -0.4 is 5.73 Å². The van der Waals surface area contributed by atoms with Gasteiger partial charge in [0.2, 0.25) is 5.95 Å². The minimum Gasteiger partial charge on any atom is -0.368 e. The third-order valence-electron chi connectivity index (χ3n) is 4.02. The molecule has 25 heavy (non-hydrogen) atoms. The van der Waals surface area contributed by atoms with E-state index in [1.54, 1.807) is 30.5 Å². The number of carbonyl (C=O) groups is 1. The van der Waals surface area contributed by atoms with Gasteiger partial charge in [-0.3, -0.25) is 9.78 Å². The van der Waals surface area contributed by atoms with Gasteiger partial charge in [0.05, 0.1) is 5.69 Å². The number of aromatic nitrogens is 3. The molecule has 0 radical (unpaired) electrons. The number of carbonyl (C=O) groups excluding carboxylic acids is 1. The van der Waals surface area contributed by atoms with E-state index < -0.39 is 0 Å². The van der Waals surface area contributed by atoms with E-state index in [1.807, 2.05) is 43.3 Å². The molecule has 3 aromatic rings. The highest BCUT2D eigenvalue weighted by atomic mass is 16.2. The highest BCUT2D eigenvalue weighted by Crippen LogP contribution is 2.26. The van der Waals surface area contributed by atoms with Crippen LogP contribution in [0.2, 0.25) is 0 Å². The normalized spacial score (nSPS) is 10.5. The number of amides is 1. The van der Waals surface area contributed by atoms with Crippen molar-refractivity contribution in [2.45, 2.75) is 6.92 Å². The van der Waals surface area contributed by atoms with Gasteiger partial charge >= 0.3 is 0 Å². The Kier molecular flexibility index (Phi) is 4.70. The molecular formula is C19H19N5O. The summed E-state index contributed by atoms with van der Waals surface area (Å²) in [7, 11) is 1.79. The van der Waals surface area contributed by atoms with E-state index >= 15 is 0 Å². The van der Waals surface area contributed by atoms with Crippen LogP contribution in [-0.2, 0) is 0 Å². The van der Waals surface area contributed by atoms with E-state index in [2.05, 4.69) is 15.0 Å². The Hall–Kier alpha value is -3.28. The highest BCUT2D eigenvalue weighted by Gasteiger charge is 2.15. The molecule has 3 rings (SSSR count). The van der Waals surface area contributed by atoms with Gasteiger partial charge in [-0.2, -0.15) is 0 Å². The summed E-state index contributed by atoms with van der Waals surface area (Å²) >= 11 is 0. The molecule has 2 N–H and O–H groups in total. The van der Waals surface area contributed by atoms with Gasteiger partial charge in [-0.1, -0.05) is 24.3 Å². The third-order valence-corrected chi connectivity index (χ3v) is 4.02. The first kappa shape index (κ1) is 16.6. The van der Waals surface area contributed by atoms with Crippen LogP contribution in [0.15, 0.2) is 55.0 Å². The van der Waals surface area contributed by atoms with Crippen molar-refractivity contribution in [1.29, 1.82) is 0 Å². The molecule has 0 aliphatic rings. The van der Waals surface area contributed by atoms with Gasteiger partial charge < -0.3 is 10.6 Å². The standard InChI is InChI=1S/C19H19N5O/c1-3-24(2)18(25)16-7-5-4-6-15(16)13-8-9-17(21-10-13)14-11-22-19(20)23-12-14/h4-12H,3H2,1-2H3,(H2,20,22,23). The second kappa shape index (κ2) is 7.09. The molecule has 0 fully saturated rings. The molecule has 2 aromatic heterocycles. The lowest BCUT2D eigenvalue weighted by molar-refractivity contribution is 0.0803. The number of hydrogen-bond acceptors (Lipinski definition) is 5. The fourth-order valence-electron chi connectivity index (χ4n) is 2.46. The fraction of sp³-hybridized carbons (Fsp3) is 0.158. The monoisotopic (exact) mass is 333 g/mol. The summed E-state index contributed by atoms with van der Waals surface area (Å²) in [5, 5.41) is 0. The number of nitrogens with zero attached hydrogens (tertiary/aromatic N) is 4. The lowest BCUT2D eigenvalue weighted by Crippen LogP contribution is -2.26. The Labute approximate surface area is 146 Å². The third kappa shape index (κ3) is 3.47. The van der Waals surface area contributed by atoms with Gasteiger partial charge in [-0.25, -0.2) is 9.97 Å². The van der Waals surface area contributed by atoms with Crippen LogP contribution in [0.5, 0.6) is 0 Å². The van der Waals surface area contributed by atoms with Gasteiger partial charge in [0.15, 0.2) is 0 Å². The minimum atomic E-state index is -0.00545. The topological polar surface area (TPSA) is 85.0 Å². The Morgan fingerprint density at radius 3 is 2.32 bits per heavy atom. The van der Waals surface area contributed by atoms with Crippen molar-refractivity contribution < 1.29 is 4.79 Å². The summed E-state index contributed by atoms with van der Waals surface area (Å²) < 4.78 is 0. The van der Waals surface area contributed by atoms with E-state index in [9.17, 15) is 4.79 Å². The quantitative estimate of drug-likeness (QED) is 0.793. The van der Waals surface area contributed by atoms with Crippen molar-refractivity contribution >= 4 is 11.9 Å². The largest absolute Gasteiger partial charge is 0.368 e. The van der Waals surface area contributed by atoms with Crippen LogP contribution in [-0.4, -0.2) is 39.4 Å². The van der Waals surface area contributed by atoms with E-state index in [0.29, 0.717) is 12.1 Å². The number of benzene rings is 1. The molecule has 0 saturated carbocycles.